The van der Waals surface area contributed by atoms with E-state index >= 15 is 0 Å². The first-order valence-corrected chi connectivity index (χ1v) is 5.16. The zero-order valence-electron chi connectivity index (χ0n) is 9.71. The van der Waals surface area contributed by atoms with Crippen molar-refractivity contribution in [3.05, 3.63) is 29.6 Å². The molecule has 0 fully saturated rings. The summed E-state index contributed by atoms with van der Waals surface area (Å²) in [5.41, 5.74) is 0.225. The van der Waals surface area contributed by atoms with Crippen molar-refractivity contribution in [1.82, 2.24) is 5.32 Å². The number of hydrogen-bond acceptors (Lipinski definition) is 2. The molecule has 88 valence electrons. The summed E-state index contributed by atoms with van der Waals surface area (Å²) < 4.78 is 18.0. The van der Waals surface area contributed by atoms with E-state index in [1.165, 1.54) is 25.3 Å². The first-order valence-electron chi connectivity index (χ1n) is 5.16. The second-order valence-corrected chi connectivity index (χ2v) is 3.95. The van der Waals surface area contributed by atoms with Gasteiger partial charge in [-0.2, -0.15) is 0 Å². The molecular formula is C12H16FNO2. The van der Waals surface area contributed by atoms with Crippen LogP contribution < -0.4 is 10.1 Å². The fraction of sp³-hybridized carbons (Fsp3) is 0.417. The van der Waals surface area contributed by atoms with Gasteiger partial charge in [0, 0.05) is 6.54 Å². The van der Waals surface area contributed by atoms with Crippen molar-refractivity contribution >= 4 is 5.91 Å². The molecule has 0 bridgehead atoms. The minimum Gasteiger partial charge on any atom is -0.496 e. The zero-order chi connectivity index (χ0) is 12.1. The monoisotopic (exact) mass is 225 g/mol. The normalized spacial score (nSPS) is 10.3. The number of hydrogen-bond donors (Lipinski definition) is 1. The second kappa shape index (κ2) is 5.49. The molecule has 1 aromatic carbocycles. The summed E-state index contributed by atoms with van der Waals surface area (Å²) in [6.07, 6.45) is 0. The smallest absolute Gasteiger partial charge is 0.255 e. The Bertz CT molecular complexity index is 377. The molecule has 0 spiro atoms. The molecule has 4 heteroatoms. The maximum absolute atomic E-state index is 13.0. The molecule has 0 saturated carbocycles. The van der Waals surface area contributed by atoms with Crippen LogP contribution in [0.5, 0.6) is 5.75 Å². The summed E-state index contributed by atoms with van der Waals surface area (Å²) in [6, 6.07) is 3.88. The molecule has 1 aromatic rings. The molecule has 0 aliphatic heterocycles. The highest BCUT2D eigenvalue weighted by atomic mass is 19.1. The predicted octanol–water partition coefficient (Wildman–Crippen LogP) is 2.22. The van der Waals surface area contributed by atoms with Crippen LogP contribution in [0.15, 0.2) is 18.2 Å². The first-order chi connectivity index (χ1) is 7.54. The van der Waals surface area contributed by atoms with Crippen molar-refractivity contribution in [2.45, 2.75) is 13.8 Å². The third-order valence-electron chi connectivity index (χ3n) is 2.08. The van der Waals surface area contributed by atoms with Crippen molar-refractivity contribution in [2.24, 2.45) is 5.92 Å². The average Bonchev–Trinajstić information content (AvgIpc) is 2.25. The van der Waals surface area contributed by atoms with Gasteiger partial charge in [0.25, 0.3) is 5.91 Å². The van der Waals surface area contributed by atoms with Crippen LogP contribution >= 0.6 is 0 Å². The summed E-state index contributed by atoms with van der Waals surface area (Å²) in [6.45, 7) is 4.53. The standard InChI is InChI=1S/C12H16FNO2/c1-8(2)7-14-12(15)10-6-9(13)4-5-11(10)16-3/h4-6,8H,7H2,1-3H3,(H,14,15). The van der Waals surface area contributed by atoms with Crippen LogP contribution in [-0.4, -0.2) is 19.6 Å². The molecular weight excluding hydrogens is 209 g/mol. The zero-order valence-corrected chi connectivity index (χ0v) is 9.71. The molecule has 3 nitrogen and oxygen atoms in total. The van der Waals surface area contributed by atoms with Crippen LogP contribution in [0.2, 0.25) is 0 Å². The Hall–Kier alpha value is -1.58. The van der Waals surface area contributed by atoms with E-state index in [0.717, 1.165) is 0 Å². The van der Waals surface area contributed by atoms with Gasteiger partial charge >= 0.3 is 0 Å². The minimum atomic E-state index is -0.449. The van der Waals surface area contributed by atoms with Gasteiger partial charge in [-0.25, -0.2) is 4.39 Å². The Kier molecular flexibility index (Phi) is 4.28. The highest BCUT2D eigenvalue weighted by Gasteiger charge is 2.13. The lowest BCUT2D eigenvalue weighted by Crippen LogP contribution is -2.27. The summed E-state index contributed by atoms with van der Waals surface area (Å²) >= 11 is 0. The van der Waals surface area contributed by atoms with E-state index in [-0.39, 0.29) is 11.5 Å². The van der Waals surface area contributed by atoms with Gasteiger partial charge in [-0.15, -0.1) is 0 Å². The van der Waals surface area contributed by atoms with E-state index in [0.29, 0.717) is 18.2 Å². The Labute approximate surface area is 94.6 Å². The van der Waals surface area contributed by atoms with Crippen LogP contribution in [-0.2, 0) is 0 Å². The summed E-state index contributed by atoms with van der Waals surface area (Å²) in [5.74, 6) is -0.0355. The third-order valence-corrected chi connectivity index (χ3v) is 2.08. The van der Waals surface area contributed by atoms with Gasteiger partial charge in [0.15, 0.2) is 0 Å². The number of benzene rings is 1. The van der Waals surface area contributed by atoms with Gasteiger partial charge in [0.05, 0.1) is 12.7 Å². The van der Waals surface area contributed by atoms with Gasteiger partial charge in [0.1, 0.15) is 11.6 Å². The Balaban J connectivity index is 2.84. The second-order valence-electron chi connectivity index (χ2n) is 3.95. The van der Waals surface area contributed by atoms with Crippen LogP contribution in [0.4, 0.5) is 4.39 Å². The molecule has 0 aliphatic carbocycles. The van der Waals surface area contributed by atoms with Crippen LogP contribution in [0.1, 0.15) is 24.2 Å². The highest BCUT2D eigenvalue weighted by molar-refractivity contribution is 5.96. The van der Waals surface area contributed by atoms with E-state index in [4.69, 9.17) is 4.74 Å². The maximum Gasteiger partial charge on any atom is 0.255 e. The van der Waals surface area contributed by atoms with E-state index < -0.39 is 5.82 Å². The molecule has 16 heavy (non-hydrogen) atoms. The van der Waals surface area contributed by atoms with Gasteiger partial charge in [-0.3, -0.25) is 4.79 Å². The Morgan fingerprint density at radius 1 is 1.50 bits per heavy atom. The fourth-order valence-corrected chi connectivity index (χ4v) is 1.25. The molecule has 1 amide bonds. The van der Waals surface area contributed by atoms with Crippen molar-refractivity contribution in [3.63, 3.8) is 0 Å². The van der Waals surface area contributed by atoms with Crippen LogP contribution in [0.3, 0.4) is 0 Å². The quantitative estimate of drug-likeness (QED) is 0.853. The predicted molar refractivity (Wildman–Crippen MR) is 60.1 cm³/mol. The number of carbonyl (C=O) groups is 1. The molecule has 1 rings (SSSR count). The van der Waals surface area contributed by atoms with E-state index in [1.54, 1.807) is 0 Å². The third kappa shape index (κ3) is 3.22. The van der Waals surface area contributed by atoms with Gasteiger partial charge in [-0.1, -0.05) is 13.8 Å². The Morgan fingerprint density at radius 3 is 2.75 bits per heavy atom. The van der Waals surface area contributed by atoms with Crippen LogP contribution in [0.25, 0.3) is 0 Å². The largest absolute Gasteiger partial charge is 0.496 e. The molecule has 1 N–H and O–H groups in total. The number of methoxy groups -OCH3 is 1. The minimum absolute atomic E-state index is 0.225. The maximum atomic E-state index is 13.0. The average molecular weight is 225 g/mol. The molecule has 0 unspecified atom stereocenters. The number of ether oxygens (including phenoxy) is 1. The number of amides is 1. The van der Waals surface area contributed by atoms with Gasteiger partial charge in [0.2, 0.25) is 0 Å². The number of rotatable bonds is 4. The summed E-state index contributed by atoms with van der Waals surface area (Å²) in [5, 5.41) is 2.71. The van der Waals surface area contributed by atoms with E-state index in [9.17, 15) is 9.18 Å². The lowest BCUT2D eigenvalue weighted by atomic mass is 10.1. The molecule has 0 aliphatic rings. The summed E-state index contributed by atoms with van der Waals surface area (Å²) in [7, 11) is 1.45. The number of nitrogens with one attached hydrogen (secondary N) is 1. The van der Waals surface area contributed by atoms with Crippen molar-refractivity contribution in [1.29, 1.82) is 0 Å². The van der Waals surface area contributed by atoms with E-state index in [1.807, 2.05) is 13.8 Å². The van der Waals surface area contributed by atoms with Crippen LogP contribution in [0, 0.1) is 11.7 Å². The van der Waals surface area contributed by atoms with E-state index in [2.05, 4.69) is 5.32 Å². The van der Waals surface area contributed by atoms with Crippen molar-refractivity contribution < 1.29 is 13.9 Å². The molecule has 0 aromatic heterocycles. The Morgan fingerprint density at radius 2 is 2.19 bits per heavy atom. The molecule has 0 radical (unpaired) electrons. The topological polar surface area (TPSA) is 38.3 Å². The SMILES string of the molecule is COc1ccc(F)cc1C(=O)NCC(C)C. The highest BCUT2D eigenvalue weighted by Crippen LogP contribution is 2.18. The number of halogens is 1. The first kappa shape index (κ1) is 12.5. The lowest BCUT2D eigenvalue weighted by Gasteiger charge is -2.10. The van der Waals surface area contributed by atoms with Gasteiger partial charge < -0.3 is 10.1 Å². The lowest BCUT2D eigenvalue weighted by molar-refractivity contribution is 0.0945. The molecule has 0 saturated heterocycles. The van der Waals surface area contributed by atoms with Crippen molar-refractivity contribution in [2.75, 3.05) is 13.7 Å². The van der Waals surface area contributed by atoms with Gasteiger partial charge in [-0.05, 0) is 24.1 Å². The molecule has 0 heterocycles. The summed E-state index contributed by atoms with van der Waals surface area (Å²) in [4.78, 5) is 11.7. The molecule has 0 atom stereocenters. The fourth-order valence-electron chi connectivity index (χ4n) is 1.25. The number of carbonyl (C=O) groups excluding carboxylic acids is 1. The van der Waals surface area contributed by atoms with Crippen molar-refractivity contribution in [3.8, 4) is 5.75 Å².